The summed E-state index contributed by atoms with van der Waals surface area (Å²) in [6, 6.07) is 8.59. The van der Waals surface area contributed by atoms with Gasteiger partial charge in [0.2, 0.25) is 0 Å². The highest BCUT2D eigenvalue weighted by Gasteiger charge is 2.15. The van der Waals surface area contributed by atoms with E-state index in [1.165, 1.54) is 11.1 Å². The molecule has 1 aromatic rings. The van der Waals surface area contributed by atoms with Crippen LogP contribution in [0.4, 0.5) is 0 Å². The van der Waals surface area contributed by atoms with Crippen LogP contribution < -0.4 is 5.73 Å². The summed E-state index contributed by atoms with van der Waals surface area (Å²) in [5.74, 6) is 0. The van der Waals surface area contributed by atoms with Crippen LogP contribution in [0, 0.1) is 0 Å². The number of rotatable bonds is 6. The van der Waals surface area contributed by atoms with Gasteiger partial charge in [-0.1, -0.05) is 36.4 Å². The summed E-state index contributed by atoms with van der Waals surface area (Å²) < 4.78 is 5.41. The number of benzene rings is 1. The van der Waals surface area contributed by atoms with Gasteiger partial charge in [-0.2, -0.15) is 0 Å². The van der Waals surface area contributed by atoms with E-state index in [9.17, 15) is 0 Å². The molecule has 1 rings (SSSR count). The second kappa shape index (κ2) is 6.58. The zero-order valence-corrected chi connectivity index (χ0v) is 11.1. The topological polar surface area (TPSA) is 35.2 Å². The van der Waals surface area contributed by atoms with Gasteiger partial charge in [0, 0.05) is 13.7 Å². The zero-order valence-electron chi connectivity index (χ0n) is 11.1. The van der Waals surface area contributed by atoms with Crippen molar-refractivity contribution in [3.05, 3.63) is 41.5 Å². The molecule has 0 radical (unpaired) electrons. The van der Waals surface area contributed by atoms with Crippen LogP contribution in [0.1, 0.15) is 31.4 Å². The first-order valence-corrected chi connectivity index (χ1v) is 6.08. The Morgan fingerprint density at radius 3 is 2.41 bits per heavy atom. The molecule has 0 bridgehead atoms. The molecule has 0 aromatic heterocycles. The quantitative estimate of drug-likeness (QED) is 0.819. The predicted octanol–water partition coefficient (Wildman–Crippen LogP) is 3.02. The number of methoxy groups -OCH3 is 1. The summed E-state index contributed by atoms with van der Waals surface area (Å²) in [5.41, 5.74) is 7.92. The molecule has 17 heavy (non-hydrogen) atoms. The summed E-state index contributed by atoms with van der Waals surface area (Å²) in [6.45, 7) is 4.82. The van der Waals surface area contributed by atoms with Crippen molar-refractivity contribution in [2.75, 3.05) is 13.7 Å². The average molecular weight is 233 g/mol. The van der Waals surface area contributed by atoms with Crippen molar-refractivity contribution in [2.45, 2.75) is 32.3 Å². The molecular weight excluding hydrogens is 210 g/mol. The molecule has 0 amide bonds. The summed E-state index contributed by atoms with van der Waals surface area (Å²) in [7, 11) is 1.76. The minimum Gasteiger partial charge on any atom is -0.379 e. The standard InChI is InChI=1S/C15H23NO/c1-15(2,17-3)11-10-14-8-6-13(7-9-14)5-4-12-16/h4-9H,10-12,16H2,1-3H3/b5-4+. The first kappa shape index (κ1) is 13.9. The van der Waals surface area contributed by atoms with Gasteiger partial charge in [-0.3, -0.25) is 0 Å². The lowest BCUT2D eigenvalue weighted by molar-refractivity contribution is 0.0158. The number of hydrogen-bond acceptors (Lipinski definition) is 2. The van der Waals surface area contributed by atoms with Crippen molar-refractivity contribution in [3.8, 4) is 0 Å². The van der Waals surface area contributed by atoms with E-state index in [2.05, 4.69) is 38.1 Å². The fourth-order valence-electron chi connectivity index (χ4n) is 1.55. The SMILES string of the molecule is COC(C)(C)CCc1ccc(/C=C/CN)cc1. The second-order valence-corrected chi connectivity index (χ2v) is 4.84. The van der Waals surface area contributed by atoms with Crippen molar-refractivity contribution >= 4 is 6.08 Å². The third-order valence-electron chi connectivity index (χ3n) is 2.99. The Morgan fingerprint density at radius 2 is 1.88 bits per heavy atom. The Hall–Kier alpha value is -1.12. The Bertz CT molecular complexity index is 352. The van der Waals surface area contributed by atoms with E-state index in [0.717, 1.165) is 12.8 Å². The molecule has 0 atom stereocenters. The van der Waals surface area contributed by atoms with Crippen molar-refractivity contribution in [2.24, 2.45) is 5.73 Å². The zero-order chi connectivity index (χ0) is 12.7. The van der Waals surface area contributed by atoms with Gasteiger partial charge >= 0.3 is 0 Å². The van der Waals surface area contributed by atoms with E-state index in [1.807, 2.05) is 12.2 Å². The van der Waals surface area contributed by atoms with Crippen molar-refractivity contribution < 1.29 is 4.74 Å². The predicted molar refractivity (Wildman–Crippen MR) is 73.9 cm³/mol. The molecule has 2 heteroatoms. The molecule has 0 saturated carbocycles. The maximum absolute atomic E-state index is 5.42. The highest BCUT2D eigenvalue weighted by Crippen LogP contribution is 2.17. The molecule has 0 aliphatic heterocycles. The van der Waals surface area contributed by atoms with Crippen LogP contribution in [-0.4, -0.2) is 19.3 Å². The summed E-state index contributed by atoms with van der Waals surface area (Å²) in [4.78, 5) is 0. The lowest BCUT2D eigenvalue weighted by Gasteiger charge is -2.22. The van der Waals surface area contributed by atoms with Crippen LogP contribution in [0.3, 0.4) is 0 Å². The lowest BCUT2D eigenvalue weighted by atomic mass is 9.98. The molecule has 0 fully saturated rings. The summed E-state index contributed by atoms with van der Waals surface area (Å²) in [6.07, 6.45) is 6.08. The van der Waals surface area contributed by atoms with Gasteiger partial charge in [-0.15, -0.1) is 0 Å². The second-order valence-electron chi connectivity index (χ2n) is 4.84. The van der Waals surface area contributed by atoms with Crippen LogP contribution in [0.25, 0.3) is 6.08 Å². The molecule has 94 valence electrons. The Morgan fingerprint density at radius 1 is 1.24 bits per heavy atom. The molecule has 0 aliphatic carbocycles. The lowest BCUT2D eigenvalue weighted by Crippen LogP contribution is -2.22. The first-order valence-electron chi connectivity index (χ1n) is 6.08. The Kier molecular flexibility index (Phi) is 5.39. The van der Waals surface area contributed by atoms with Gasteiger partial charge in [-0.25, -0.2) is 0 Å². The first-order chi connectivity index (χ1) is 8.07. The molecule has 0 aliphatic rings. The highest BCUT2D eigenvalue weighted by molar-refractivity contribution is 5.49. The van der Waals surface area contributed by atoms with E-state index in [-0.39, 0.29) is 5.60 Å². The maximum atomic E-state index is 5.42. The summed E-state index contributed by atoms with van der Waals surface area (Å²) in [5, 5.41) is 0. The van der Waals surface area contributed by atoms with E-state index < -0.39 is 0 Å². The Labute approximate surface area is 104 Å². The van der Waals surface area contributed by atoms with Crippen molar-refractivity contribution in [1.82, 2.24) is 0 Å². The maximum Gasteiger partial charge on any atom is 0.0625 e. The normalized spacial score (nSPS) is 12.2. The third-order valence-corrected chi connectivity index (χ3v) is 2.99. The molecule has 2 nitrogen and oxygen atoms in total. The molecular formula is C15H23NO. The Balaban J connectivity index is 2.54. The average Bonchev–Trinajstić information content (AvgIpc) is 2.35. The van der Waals surface area contributed by atoms with Gasteiger partial charge in [0.15, 0.2) is 0 Å². The van der Waals surface area contributed by atoms with E-state index in [4.69, 9.17) is 10.5 Å². The third kappa shape index (κ3) is 5.16. The molecule has 0 unspecified atom stereocenters. The highest BCUT2D eigenvalue weighted by atomic mass is 16.5. The van der Waals surface area contributed by atoms with Crippen LogP contribution >= 0.6 is 0 Å². The van der Waals surface area contributed by atoms with E-state index >= 15 is 0 Å². The fraction of sp³-hybridized carbons (Fsp3) is 0.467. The minimum atomic E-state index is -0.0435. The van der Waals surface area contributed by atoms with Crippen LogP contribution in [0.5, 0.6) is 0 Å². The van der Waals surface area contributed by atoms with E-state index in [1.54, 1.807) is 7.11 Å². The monoisotopic (exact) mass is 233 g/mol. The van der Waals surface area contributed by atoms with Gasteiger partial charge in [0.1, 0.15) is 0 Å². The number of ether oxygens (including phenoxy) is 1. The number of nitrogens with two attached hydrogens (primary N) is 1. The molecule has 2 N–H and O–H groups in total. The van der Waals surface area contributed by atoms with Crippen LogP contribution in [0.2, 0.25) is 0 Å². The van der Waals surface area contributed by atoms with Crippen molar-refractivity contribution in [1.29, 1.82) is 0 Å². The van der Waals surface area contributed by atoms with Gasteiger partial charge in [0.05, 0.1) is 5.60 Å². The van der Waals surface area contributed by atoms with Crippen LogP contribution in [-0.2, 0) is 11.2 Å². The molecule has 0 saturated heterocycles. The molecule has 0 spiro atoms. The summed E-state index contributed by atoms with van der Waals surface area (Å²) >= 11 is 0. The molecule has 0 heterocycles. The number of hydrogen-bond donors (Lipinski definition) is 1. The van der Waals surface area contributed by atoms with Gasteiger partial charge in [-0.05, 0) is 37.8 Å². The van der Waals surface area contributed by atoms with Gasteiger partial charge < -0.3 is 10.5 Å². The van der Waals surface area contributed by atoms with Crippen molar-refractivity contribution in [3.63, 3.8) is 0 Å². The number of aryl methyl sites for hydroxylation is 1. The van der Waals surface area contributed by atoms with E-state index in [0.29, 0.717) is 6.54 Å². The molecule has 1 aromatic carbocycles. The minimum absolute atomic E-state index is 0.0435. The largest absolute Gasteiger partial charge is 0.379 e. The van der Waals surface area contributed by atoms with Crippen LogP contribution in [0.15, 0.2) is 30.3 Å². The fourth-order valence-corrected chi connectivity index (χ4v) is 1.55. The van der Waals surface area contributed by atoms with Gasteiger partial charge in [0.25, 0.3) is 0 Å². The smallest absolute Gasteiger partial charge is 0.0625 e.